The van der Waals surface area contributed by atoms with Crippen LogP contribution in [0.25, 0.3) is 0 Å². The second kappa shape index (κ2) is 5.66. The van der Waals surface area contributed by atoms with Gasteiger partial charge < -0.3 is 0 Å². The molecule has 94 valence electrons. The Labute approximate surface area is 113 Å². The molecule has 1 fully saturated rings. The lowest BCUT2D eigenvalue weighted by atomic mass is 9.84. The van der Waals surface area contributed by atoms with Crippen LogP contribution in [0.3, 0.4) is 0 Å². The van der Waals surface area contributed by atoms with Crippen molar-refractivity contribution in [3.63, 3.8) is 0 Å². The Kier molecular flexibility index (Phi) is 4.42. The Morgan fingerprint density at radius 3 is 2.41 bits per heavy atom. The maximum Gasteiger partial charge on any atom is 0.137 e. The summed E-state index contributed by atoms with van der Waals surface area (Å²) < 4.78 is 27.3. The van der Waals surface area contributed by atoms with Crippen LogP contribution in [0.4, 0.5) is 8.78 Å². The summed E-state index contributed by atoms with van der Waals surface area (Å²) in [5, 5.41) is -0.419. The average molecular weight is 324 g/mol. The highest BCUT2D eigenvalue weighted by atomic mass is 79.9. The van der Waals surface area contributed by atoms with Crippen molar-refractivity contribution in [2.24, 2.45) is 5.92 Å². The lowest BCUT2D eigenvalue weighted by Crippen LogP contribution is -2.13. The molecule has 1 saturated carbocycles. The van der Waals surface area contributed by atoms with Gasteiger partial charge in [0.1, 0.15) is 11.6 Å². The van der Waals surface area contributed by atoms with E-state index in [9.17, 15) is 8.78 Å². The molecule has 1 aromatic rings. The zero-order valence-electron chi connectivity index (χ0n) is 9.36. The Bertz CT molecular complexity index is 403. The third-order valence-electron chi connectivity index (χ3n) is 3.40. The number of rotatable bonds is 2. The molecular weight excluding hydrogens is 309 g/mol. The topological polar surface area (TPSA) is 0 Å². The second-order valence-electron chi connectivity index (χ2n) is 4.59. The van der Waals surface area contributed by atoms with Crippen molar-refractivity contribution in [1.82, 2.24) is 0 Å². The molecule has 0 amide bonds. The molecule has 0 aromatic heterocycles. The molecule has 0 N–H and O–H groups in total. The molecule has 1 aromatic carbocycles. The van der Waals surface area contributed by atoms with E-state index in [-0.39, 0.29) is 10.4 Å². The summed E-state index contributed by atoms with van der Waals surface area (Å²) in [4.78, 5) is 0. The minimum absolute atomic E-state index is 0.145. The number of hydrogen-bond acceptors (Lipinski definition) is 0. The summed E-state index contributed by atoms with van der Waals surface area (Å²) in [6.07, 6.45) is 5.50. The first kappa shape index (κ1) is 13.3. The molecule has 1 unspecified atom stereocenters. The van der Waals surface area contributed by atoms with Gasteiger partial charge in [0.2, 0.25) is 0 Å². The fourth-order valence-corrected chi connectivity index (χ4v) is 3.16. The van der Waals surface area contributed by atoms with Gasteiger partial charge in [0.05, 0.1) is 9.85 Å². The fourth-order valence-electron chi connectivity index (χ4n) is 2.43. The van der Waals surface area contributed by atoms with Crippen molar-refractivity contribution >= 4 is 27.5 Å². The van der Waals surface area contributed by atoms with Crippen LogP contribution in [-0.2, 0) is 0 Å². The minimum Gasteiger partial charge on any atom is -0.207 e. The summed E-state index contributed by atoms with van der Waals surface area (Å²) in [6.45, 7) is 0. The van der Waals surface area contributed by atoms with Crippen molar-refractivity contribution in [1.29, 1.82) is 0 Å². The van der Waals surface area contributed by atoms with E-state index in [0.29, 0.717) is 5.56 Å². The molecule has 0 aliphatic heterocycles. The monoisotopic (exact) mass is 322 g/mol. The highest BCUT2D eigenvalue weighted by Crippen LogP contribution is 2.40. The molecule has 0 heterocycles. The van der Waals surface area contributed by atoms with Crippen LogP contribution in [-0.4, -0.2) is 0 Å². The Balaban J connectivity index is 2.23. The third kappa shape index (κ3) is 3.00. The van der Waals surface area contributed by atoms with E-state index in [1.807, 2.05) is 0 Å². The van der Waals surface area contributed by atoms with Crippen LogP contribution < -0.4 is 0 Å². The number of benzene rings is 1. The van der Waals surface area contributed by atoms with Crippen LogP contribution in [0.2, 0.25) is 0 Å². The van der Waals surface area contributed by atoms with E-state index in [1.165, 1.54) is 12.5 Å². The standard InChI is InChI=1S/C13H14BrClF2/c14-10-7-11(16)9(6-12(10)17)13(15)8-4-2-1-3-5-8/h6-8,13H,1-5H2. The second-order valence-corrected chi connectivity index (χ2v) is 5.91. The SMILES string of the molecule is Fc1cc(C(Cl)C2CCCCC2)c(F)cc1Br. The molecule has 0 nitrogen and oxygen atoms in total. The van der Waals surface area contributed by atoms with E-state index in [4.69, 9.17) is 11.6 Å². The van der Waals surface area contributed by atoms with Crippen LogP contribution in [0.15, 0.2) is 16.6 Å². The predicted molar refractivity (Wildman–Crippen MR) is 69.2 cm³/mol. The molecule has 1 aliphatic carbocycles. The Morgan fingerprint density at radius 2 is 1.76 bits per heavy atom. The molecule has 0 spiro atoms. The van der Waals surface area contributed by atoms with Crippen molar-refractivity contribution < 1.29 is 8.78 Å². The third-order valence-corrected chi connectivity index (χ3v) is 4.60. The minimum atomic E-state index is -0.456. The first-order valence-corrected chi connectivity index (χ1v) is 7.11. The van der Waals surface area contributed by atoms with Crippen LogP contribution in [0.5, 0.6) is 0 Å². The molecule has 0 radical (unpaired) electrons. The van der Waals surface area contributed by atoms with Crippen LogP contribution in [0.1, 0.15) is 43.0 Å². The van der Waals surface area contributed by atoms with E-state index in [1.54, 1.807) is 0 Å². The lowest BCUT2D eigenvalue weighted by molar-refractivity contribution is 0.344. The van der Waals surface area contributed by atoms with Gasteiger partial charge in [-0.3, -0.25) is 0 Å². The van der Waals surface area contributed by atoms with E-state index < -0.39 is 17.0 Å². The molecule has 2 rings (SSSR count). The lowest BCUT2D eigenvalue weighted by Gasteiger charge is -2.26. The molecule has 1 aliphatic rings. The van der Waals surface area contributed by atoms with Gasteiger partial charge >= 0.3 is 0 Å². The van der Waals surface area contributed by atoms with Gasteiger partial charge in [-0.25, -0.2) is 8.78 Å². The number of alkyl halides is 1. The van der Waals surface area contributed by atoms with Crippen molar-refractivity contribution in [3.8, 4) is 0 Å². The first-order chi connectivity index (χ1) is 8.09. The first-order valence-electron chi connectivity index (χ1n) is 5.88. The highest BCUT2D eigenvalue weighted by molar-refractivity contribution is 9.10. The highest BCUT2D eigenvalue weighted by Gasteiger charge is 2.26. The molecule has 0 saturated heterocycles. The Morgan fingerprint density at radius 1 is 1.12 bits per heavy atom. The number of hydrogen-bond donors (Lipinski definition) is 0. The predicted octanol–water partition coefficient (Wildman–Crippen LogP) is 5.59. The van der Waals surface area contributed by atoms with Gasteiger partial charge in [-0.15, -0.1) is 11.6 Å². The van der Waals surface area contributed by atoms with Crippen molar-refractivity contribution in [2.45, 2.75) is 37.5 Å². The largest absolute Gasteiger partial charge is 0.207 e. The van der Waals surface area contributed by atoms with E-state index >= 15 is 0 Å². The van der Waals surface area contributed by atoms with Crippen molar-refractivity contribution in [3.05, 3.63) is 33.8 Å². The summed E-state index contributed by atoms with van der Waals surface area (Å²) in [5.41, 5.74) is 0.291. The molecule has 0 bridgehead atoms. The Hall–Kier alpha value is -0.150. The van der Waals surface area contributed by atoms with Gasteiger partial charge in [0.15, 0.2) is 0 Å². The summed E-state index contributed by atoms with van der Waals surface area (Å²) in [5.74, 6) is -0.618. The van der Waals surface area contributed by atoms with Crippen LogP contribution >= 0.6 is 27.5 Å². The average Bonchev–Trinajstić information content (AvgIpc) is 2.34. The van der Waals surface area contributed by atoms with Crippen molar-refractivity contribution in [2.75, 3.05) is 0 Å². The van der Waals surface area contributed by atoms with Gasteiger partial charge in [-0.1, -0.05) is 19.3 Å². The smallest absolute Gasteiger partial charge is 0.137 e. The summed E-state index contributed by atoms with van der Waals surface area (Å²) in [6, 6.07) is 2.37. The normalized spacial score (nSPS) is 19.3. The van der Waals surface area contributed by atoms with Gasteiger partial charge in [0.25, 0.3) is 0 Å². The molecule has 4 heteroatoms. The van der Waals surface area contributed by atoms with E-state index in [0.717, 1.165) is 31.7 Å². The maximum atomic E-state index is 13.8. The van der Waals surface area contributed by atoms with Crippen LogP contribution in [0, 0.1) is 17.6 Å². The van der Waals surface area contributed by atoms with Gasteiger partial charge in [0, 0.05) is 5.56 Å². The fraction of sp³-hybridized carbons (Fsp3) is 0.538. The zero-order valence-corrected chi connectivity index (χ0v) is 11.7. The molecule has 1 atom stereocenters. The maximum absolute atomic E-state index is 13.8. The van der Waals surface area contributed by atoms with Gasteiger partial charge in [-0.05, 0) is 46.8 Å². The van der Waals surface area contributed by atoms with E-state index in [2.05, 4.69) is 15.9 Å². The number of halogens is 4. The molecule has 17 heavy (non-hydrogen) atoms. The zero-order chi connectivity index (χ0) is 12.4. The summed E-state index contributed by atoms with van der Waals surface area (Å²) >= 11 is 9.26. The molecular formula is C13H14BrClF2. The quantitative estimate of drug-likeness (QED) is 0.492. The van der Waals surface area contributed by atoms with Gasteiger partial charge in [-0.2, -0.15) is 0 Å². The summed E-state index contributed by atoms with van der Waals surface area (Å²) in [7, 11) is 0.